The Labute approximate surface area is 116 Å². The molecule has 0 aliphatic heterocycles. The molecular formula is C14H15N5O. The van der Waals surface area contributed by atoms with Crippen molar-refractivity contribution in [1.82, 2.24) is 19.9 Å². The molecule has 0 fully saturated rings. The molecule has 0 aliphatic rings. The Bertz CT molecular complexity index is 744. The standard InChI is InChI=1S/C14H15N5O/c1-9-5-3-4-6-10(9)7-12-17-14(20-18-12)11-8-16-19(2)13(11)15/h3-6,8H,7,15H2,1-2H3. The van der Waals surface area contributed by atoms with Gasteiger partial charge in [-0.2, -0.15) is 10.1 Å². The van der Waals surface area contributed by atoms with E-state index in [9.17, 15) is 0 Å². The topological polar surface area (TPSA) is 82.8 Å². The lowest BCUT2D eigenvalue weighted by Crippen LogP contribution is -1.98. The maximum absolute atomic E-state index is 5.89. The summed E-state index contributed by atoms with van der Waals surface area (Å²) < 4.78 is 6.83. The summed E-state index contributed by atoms with van der Waals surface area (Å²) in [6.07, 6.45) is 2.26. The van der Waals surface area contributed by atoms with E-state index in [0.29, 0.717) is 29.5 Å². The van der Waals surface area contributed by atoms with E-state index in [0.717, 1.165) is 0 Å². The summed E-state index contributed by atoms with van der Waals surface area (Å²) in [5.41, 5.74) is 8.94. The Morgan fingerprint density at radius 1 is 1.30 bits per heavy atom. The highest BCUT2D eigenvalue weighted by atomic mass is 16.5. The number of nitrogen functional groups attached to an aromatic ring is 1. The van der Waals surface area contributed by atoms with Crippen LogP contribution in [0.25, 0.3) is 11.5 Å². The fourth-order valence-corrected chi connectivity index (χ4v) is 2.03. The first kappa shape index (κ1) is 12.4. The molecule has 1 aromatic carbocycles. The molecule has 2 aromatic heterocycles. The van der Waals surface area contributed by atoms with Gasteiger partial charge in [-0.15, -0.1) is 0 Å². The van der Waals surface area contributed by atoms with Gasteiger partial charge in [0.05, 0.1) is 6.20 Å². The summed E-state index contributed by atoms with van der Waals surface area (Å²) in [6.45, 7) is 2.06. The Morgan fingerprint density at radius 2 is 2.10 bits per heavy atom. The second-order valence-electron chi connectivity index (χ2n) is 4.69. The maximum atomic E-state index is 5.89. The second kappa shape index (κ2) is 4.80. The predicted molar refractivity (Wildman–Crippen MR) is 74.9 cm³/mol. The lowest BCUT2D eigenvalue weighted by atomic mass is 10.1. The number of aryl methyl sites for hydroxylation is 2. The minimum absolute atomic E-state index is 0.402. The monoisotopic (exact) mass is 269 g/mol. The van der Waals surface area contributed by atoms with Crippen molar-refractivity contribution in [2.45, 2.75) is 13.3 Å². The van der Waals surface area contributed by atoms with Crippen LogP contribution in [0.1, 0.15) is 17.0 Å². The molecule has 3 aromatic rings. The van der Waals surface area contributed by atoms with E-state index in [4.69, 9.17) is 10.3 Å². The van der Waals surface area contributed by atoms with E-state index >= 15 is 0 Å². The normalized spacial score (nSPS) is 10.9. The molecule has 0 amide bonds. The number of rotatable bonds is 3. The number of anilines is 1. The van der Waals surface area contributed by atoms with Crippen LogP contribution in [0.3, 0.4) is 0 Å². The van der Waals surface area contributed by atoms with Gasteiger partial charge in [-0.25, -0.2) is 0 Å². The number of nitrogens with two attached hydrogens (primary N) is 1. The summed E-state index contributed by atoms with van der Waals surface area (Å²) >= 11 is 0. The summed E-state index contributed by atoms with van der Waals surface area (Å²) in [5, 5.41) is 8.06. The van der Waals surface area contributed by atoms with Crippen LogP contribution in [-0.2, 0) is 13.5 Å². The van der Waals surface area contributed by atoms with Crippen LogP contribution in [0.4, 0.5) is 5.82 Å². The molecule has 3 rings (SSSR count). The second-order valence-corrected chi connectivity index (χ2v) is 4.69. The van der Waals surface area contributed by atoms with Gasteiger partial charge < -0.3 is 10.3 Å². The molecule has 0 unspecified atom stereocenters. The average Bonchev–Trinajstić information content (AvgIpc) is 3.01. The molecule has 0 aliphatic carbocycles. The summed E-state index contributed by atoms with van der Waals surface area (Å²) in [7, 11) is 1.77. The lowest BCUT2D eigenvalue weighted by Gasteiger charge is -2.00. The number of benzene rings is 1. The number of hydrogen-bond donors (Lipinski definition) is 1. The van der Waals surface area contributed by atoms with E-state index in [-0.39, 0.29) is 0 Å². The summed E-state index contributed by atoms with van der Waals surface area (Å²) in [5.74, 6) is 1.55. The molecule has 2 heterocycles. The van der Waals surface area contributed by atoms with Crippen LogP contribution in [0, 0.1) is 6.92 Å². The Balaban J connectivity index is 1.88. The quantitative estimate of drug-likeness (QED) is 0.785. The van der Waals surface area contributed by atoms with Crippen molar-refractivity contribution >= 4 is 5.82 Å². The van der Waals surface area contributed by atoms with E-state index in [1.54, 1.807) is 17.9 Å². The van der Waals surface area contributed by atoms with Crippen LogP contribution < -0.4 is 5.73 Å². The van der Waals surface area contributed by atoms with Crippen molar-refractivity contribution < 1.29 is 4.52 Å². The average molecular weight is 269 g/mol. The zero-order valence-electron chi connectivity index (χ0n) is 11.4. The molecule has 2 N–H and O–H groups in total. The highest BCUT2D eigenvalue weighted by molar-refractivity contribution is 5.66. The third-order valence-corrected chi connectivity index (χ3v) is 3.29. The fourth-order valence-electron chi connectivity index (χ4n) is 2.03. The third kappa shape index (κ3) is 2.16. The van der Waals surface area contributed by atoms with Crippen LogP contribution >= 0.6 is 0 Å². The lowest BCUT2D eigenvalue weighted by molar-refractivity contribution is 0.424. The molecular weight excluding hydrogens is 254 g/mol. The first-order valence-electron chi connectivity index (χ1n) is 6.30. The molecule has 0 saturated carbocycles. The first-order valence-corrected chi connectivity index (χ1v) is 6.30. The van der Waals surface area contributed by atoms with Crippen molar-refractivity contribution in [1.29, 1.82) is 0 Å². The first-order chi connectivity index (χ1) is 9.65. The third-order valence-electron chi connectivity index (χ3n) is 3.29. The maximum Gasteiger partial charge on any atom is 0.263 e. The smallest absolute Gasteiger partial charge is 0.263 e. The zero-order chi connectivity index (χ0) is 14.1. The van der Waals surface area contributed by atoms with E-state index in [1.807, 2.05) is 12.1 Å². The van der Waals surface area contributed by atoms with Gasteiger partial charge >= 0.3 is 0 Å². The van der Waals surface area contributed by atoms with Crippen LogP contribution in [0.15, 0.2) is 35.0 Å². The largest absolute Gasteiger partial charge is 0.383 e. The van der Waals surface area contributed by atoms with Gasteiger partial charge in [-0.3, -0.25) is 4.68 Å². The molecule has 102 valence electrons. The molecule has 6 nitrogen and oxygen atoms in total. The van der Waals surface area contributed by atoms with Crippen molar-refractivity contribution in [2.24, 2.45) is 7.05 Å². The predicted octanol–water partition coefficient (Wildman–Crippen LogP) is 1.95. The van der Waals surface area contributed by atoms with Crippen molar-refractivity contribution in [3.8, 4) is 11.5 Å². The van der Waals surface area contributed by atoms with Crippen LogP contribution in [0.2, 0.25) is 0 Å². The van der Waals surface area contributed by atoms with Gasteiger partial charge in [0, 0.05) is 13.5 Å². The number of aromatic nitrogens is 4. The minimum atomic E-state index is 0.402. The van der Waals surface area contributed by atoms with E-state index in [2.05, 4.69) is 34.3 Å². The molecule has 20 heavy (non-hydrogen) atoms. The Hall–Kier alpha value is -2.63. The Morgan fingerprint density at radius 3 is 2.80 bits per heavy atom. The summed E-state index contributed by atoms with van der Waals surface area (Å²) in [4.78, 5) is 4.38. The van der Waals surface area contributed by atoms with Gasteiger partial charge in [0.1, 0.15) is 11.4 Å². The SMILES string of the molecule is Cc1ccccc1Cc1noc(-c2cnn(C)c2N)n1. The molecule has 0 saturated heterocycles. The van der Waals surface area contributed by atoms with Gasteiger partial charge in [0.25, 0.3) is 5.89 Å². The molecule has 0 spiro atoms. The van der Waals surface area contributed by atoms with Crippen molar-refractivity contribution in [2.75, 3.05) is 5.73 Å². The van der Waals surface area contributed by atoms with Gasteiger partial charge in [0.15, 0.2) is 5.82 Å². The number of nitrogens with zero attached hydrogens (tertiary/aromatic N) is 4. The van der Waals surface area contributed by atoms with Gasteiger partial charge in [-0.1, -0.05) is 29.4 Å². The molecule has 6 heteroatoms. The van der Waals surface area contributed by atoms with Crippen LogP contribution in [0.5, 0.6) is 0 Å². The fraction of sp³-hybridized carbons (Fsp3) is 0.214. The summed E-state index contributed by atoms with van der Waals surface area (Å²) in [6, 6.07) is 8.14. The van der Waals surface area contributed by atoms with Crippen molar-refractivity contribution in [3.63, 3.8) is 0 Å². The number of hydrogen-bond acceptors (Lipinski definition) is 5. The minimum Gasteiger partial charge on any atom is -0.383 e. The molecule has 0 atom stereocenters. The molecule has 0 bridgehead atoms. The van der Waals surface area contributed by atoms with E-state index in [1.165, 1.54) is 11.1 Å². The molecule has 0 radical (unpaired) electrons. The zero-order valence-corrected chi connectivity index (χ0v) is 11.4. The van der Waals surface area contributed by atoms with Crippen molar-refractivity contribution in [3.05, 3.63) is 47.4 Å². The Kier molecular flexibility index (Phi) is 2.98. The highest BCUT2D eigenvalue weighted by Crippen LogP contribution is 2.23. The highest BCUT2D eigenvalue weighted by Gasteiger charge is 2.15. The van der Waals surface area contributed by atoms with Gasteiger partial charge in [0.2, 0.25) is 0 Å². The van der Waals surface area contributed by atoms with Crippen LogP contribution in [-0.4, -0.2) is 19.9 Å². The van der Waals surface area contributed by atoms with E-state index < -0.39 is 0 Å². The van der Waals surface area contributed by atoms with Gasteiger partial charge in [-0.05, 0) is 18.1 Å².